The Bertz CT molecular complexity index is 1080. The predicted molar refractivity (Wildman–Crippen MR) is 139 cm³/mol. The Morgan fingerprint density at radius 1 is 0.947 bits per heavy atom. The number of aliphatic hydroxyl groups is 1. The molecule has 204 valence electrons. The van der Waals surface area contributed by atoms with Gasteiger partial charge in [-0.1, -0.05) is 0 Å². The van der Waals surface area contributed by atoms with Gasteiger partial charge >= 0.3 is 46.9 Å². The van der Waals surface area contributed by atoms with Gasteiger partial charge in [0.1, 0.15) is 17.2 Å². The molecule has 8 N–H and O–H groups in total. The van der Waals surface area contributed by atoms with Crippen LogP contribution in [0.2, 0.25) is 0 Å². The first-order chi connectivity index (χ1) is 17.9. The van der Waals surface area contributed by atoms with Crippen LogP contribution in [-0.2, 0) is 9.44 Å². The number of nitrogens with two attached hydrogens (primary N) is 1. The first kappa shape index (κ1) is 33.3. The Kier molecular flexibility index (Phi) is 16.3. The number of nitrogens with zero attached hydrogens (tertiary/aromatic N) is 2. The minimum absolute atomic E-state index is 0.127. The van der Waals surface area contributed by atoms with Gasteiger partial charge in [-0.05, 0) is 45.0 Å². The summed E-state index contributed by atoms with van der Waals surface area (Å²) in [5.41, 5.74) is 5.05. The van der Waals surface area contributed by atoms with E-state index in [0.717, 1.165) is 0 Å². The van der Waals surface area contributed by atoms with Crippen LogP contribution in [-0.4, -0.2) is 82.2 Å². The maximum absolute atomic E-state index is 11.3. The van der Waals surface area contributed by atoms with Crippen LogP contribution >= 0.6 is 0 Å². The summed E-state index contributed by atoms with van der Waals surface area (Å²) >= 11 is 0. The molecular formula is C23H31BN6O8. The van der Waals surface area contributed by atoms with E-state index >= 15 is 0 Å². The van der Waals surface area contributed by atoms with Crippen molar-refractivity contribution in [3.63, 3.8) is 0 Å². The van der Waals surface area contributed by atoms with E-state index in [9.17, 15) is 14.4 Å². The van der Waals surface area contributed by atoms with E-state index < -0.39 is 23.6 Å². The summed E-state index contributed by atoms with van der Waals surface area (Å²) in [6.45, 7) is 7.34. The molecule has 0 aliphatic rings. The van der Waals surface area contributed by atoms with E-state index in [4.69, 9.17) is 30.5 Å². The molecule has 14 nitrogen and oxygen atoms in total. The van der Waals surface area contributed by atoms with Crippen molar-refractivity contribution in [1.82, 2.24) is 15.3 Å². The topological polar surface area (TPSA) is 226 Å². The zero-order chi connectivity index (χ0) is 29.0. The molecule has 0 saturated heterocycles. The van der Waals surface area contributed by atoms with Crippen molar-refractivity contribution in [2.45, 2.75) is 26.4 Å². The fraction of sp³-hybridized carbons (Fsp3) is 0.348. The summed E-state index contributed by atoms with van der Waals surface area (Å²) in [6, 6.07) is 6.13. The van der Waals surface area contributed by atoms with E-state index in [1.165, 1.54) is 30.6 Å². The van der Waals surface area contributed by atoms with Crippen molar-refractivity contribution >= 4 is 36.8 Å². The molecule has 0 unspecified atom stereocenters. The van der Waals surface area contributed by atoms with Crippen LogP contribution in [0.1, 0.15) is 41.5 Å². The van der Waals surface area contributed by atoms with Crippen molar-refractivity contribution in [2.75, 3.05) is 36.8 Å². The van der Waals surface area contributed by atoms with Crippen molar-refractivity contribution in [3.8, 4) is 11.9 Å². The number of aromatic nitrogens is 2. The van der Waals surface area contributed by atoms with Crippen LogP contribution in [0.25, 0.3) is 0 Å². The number of carbonyl (C=O) groups is 3. The van der Waals surface area contributed by atoms with Gasteiger partial charge in [0, 0.05) is 38.6 Å². The average molecular weight is 530 g/mol. The number of ether oxygens (including phenoxy) is 1. The first-order valence-electron chi connectivity index (χ1n) is 11.0. The molecule has 15 heteroatoms. The number of hydrogen-bond acceptors (Lipinski definition) is 11. The second-order valence-corrected chi connectivity index (χ2v) is 7.92. The summed E-state index contributed by atoms with van der Waals surface area (Å²) in [5, 5.41) is 33.2. The molecule has 2 aromatic heterocycles. The van der Waals surface area contributed by atoms with Crippen LogP contribution in [0.4, 0.5) is 16.4 Å². The molecule has 0 spiro atoms. The number of pyridine rings is 2. The molecule has 2 aromatic rings. The number of aliphatic hydroxyl groups excluding tert-OH is 1. The first-order valence-corrected chi connectivity index (χ1v) is 11.0. The van der Waals surface area contributed by atoms with E-state index in [1.54, 1.807) is 38.7 Å². The van der Waals surface area contributed by atoms with Gasteiger partial charge in [-0.3, -0.25) is 0 Å². The van der Waals surface area contributed by atoms with Crippen LogP contribution in [0.3, 0.4) is 0 Å². The van der Waals surface area contributed by atoms with Gasteiger partial charge < -0.3 is 36.6 Å². The normalized spacial score (nSPS) is 9.37. The molecule has 0 bridgehead atoms. The summed E-state index contributed by atoms with van der Waals surface area (Å²) in [5.74, 6) is 0.921. The van der Waals surface area contributed by atoms with E-state index in [-0.39, 0.29) is 11.1 Å². The fourth-order valence-corrected chi connectivity index (χ4v) is 2.15. The predicted octanol–water partition coefficient (Wildman–Crippen LogP) is 1.19. The maximum atomic E-state index is 11.3. The van der Waals surface area contributed by atoms with Gasteiger partial charge in [-0.2, -0.15) is 0 Å². The molecule has 1 amide bonds. The van der Waals surface area contributed by atoms with E-state index in [0.29, 0.717) is 45.0 Å². The Hall–Kier alpha value is -4.71. The van der Waals surface area contributed by atoms with Gasteiger partial charge in [0.2, 0.25) is 0 Å². The van der Waals surface area contributed by atoms with Crippen LogP contribution in [0, 0.1) is 11.9 Å². The van der Waals surface area contributed by atoms with Gasteiger partial charge in [0.15, 0.2) is 0 Å². The Balaban J connectivity index is 0.000000648. The molecule has 0 aliphatic heterocycles. The summed E-state index contributed by atoms with van der Waals surface area (Å²) in [7, 11) is 0.319. The number of alkyl carbamates (subject to hydrolysis) is 1. The molecule has 2 heterocycles. The Morgan fingerprint density at radius 2 is 1.45 bits per heavy atom. The number of anilines is 2. The summed E-state index contributed by atoms with van der Waals surface area (Å²) < 4.78 is 14.1. The number of nitrogens with one attached hydrogen (secondary N) is 3. The number of carboxylic acids is 2. The molecule has 0 atom stereocenters. The van der Waals surface area contributed by atoms with E-state index in [2.05, 4.69) is 25.9 Å². The Morgan fingerprint density at radius 3 is 1.76 bits per heavy atom. The van der Waals surface area contributed by atoms with Crippen LogP contribution < -0.4 is 21.7 Å². The molecule has 0 aromatic carbocycles. The minimum atomic E-state index is -1.02. The number of amides is 1. The number of carboxylic acid groups (broad SMARTS) is 2. The third-order valence-corrected chi connectivity index (χ3v) is 3.69. The van der Waals surface area contributed by atoms with Crippen LogP contribution in [0.15, 0.2) is 36.7 Å². The average Bonchev–Trinajstić information content (AvgIpc) is 2.86. The van der Waals surface area contributed by atoms with Gasteiger partial charge in [0.05, 0.1) is 11.1 Å². The molecule has 0 fully saturated rings. The van der Waals surface area contributed by atoms with Crippen LogP contribution in [0.5, 0.6) is 0 Å². The second-order valence-electron chi connectivity index (χ2n) is 7.92. The fourth-order valence-electron chi connectivity index (χ4n) is 2.15. The number of hydrogen-bond donors (Lipinski definition) is 7. The number of aromatic carboxylic acids is 2. The Labute approximate surface area is 220 Å². The monoisotopic (exact) mass is 530 g/mol. The van der Waals surface area contributed by atoms with Crippen molar-refractivity contribution in [1.29, 1.82) is 0 Å². The van der Waals surface area contributed by atoms with E-state index in [1.807, 2.05) is 0 Å². The standard InChI is InChI=1S/C13H19N3O4.C8H11N3O2.C2HBO2/c1-13(2,3)20-12(19)15-7-6-14-10-5-4-9(8-16-10)11(17)18;9-3-4-10-7-2-1-6(5-11-7)8(12)13;4-2-1-3-5/h4-5,8H,6-7H2,1-3H3,(H,14,16)(H,15,19)(H,17,18);1-2,5H,3-4,9H2,(H,10,11)(H,12,13);4H. The van der Waals surface area contributed by atoms with Crippen molar-refractivity contribution in [2.24, 2.45) is 5.73 Å². The zero-order valence-corrected chi connectivity index (χ0v) is 21.2. The summed E-state index contributed by atoms with van der Waals surface area (Å²) in [6.07, 6.45) is 3.50. The van der Waals surface area contributed by atoms with Gasteiger partial charge in [-0.25, -0.2) is 24.4 Å². The molecule has 0 saturated carbocycles. The third-order valence-electron chi connectivity index (χ3n) is 3.69. The molecular weight excluding hydrogens is 499 g/mol. The van der Waals surface area contributed by atoms with Gasteiger partial charge in [0.25, 0.3) is 0 Å². The second kappa shape index (κ2) is 18.5. The molecule has 0 aliphatic carbocycles. The zero-order valence-electron chi connectivity index (χ0n) is 21.2. The summed E-state index contributed by atoms with van der Waals surface area (Å²) in [4.78, 5) is 40.3. The third kappa shape index (κ3) is 16.8. The van der Waals surface area contributed by atoms with Gasteiger partial charge in [-0.15, -0.1) is 0 Å². The van der Waals surface area contributed by atoms with Crippen molar-refractivity contribution in [3.05, 3.63) is 47.8 Å². The van der Waals surface area contributed by atoms with Crippen molar-refractivity contribution < 1.29 is 39.1 Å². The number of rotatable bonds is 9. The number of carbonyl (C=O) groups excluding carboxylic acids is 1. The molecule has 2 rings (SSSR count). The quantitative estimate of drug-likeness (QED) is 0.138. The molecule has 0 radical (unpaired) electrons. The molecule has 38 heavy (non-hydrogen) atoms. The SMILES string of the molecule is CC(C)(C)OC(=O)NCCNc1ccc(C(=O)O)cn1.NCCNc1ccc(C(=O)O)cn1.O=BC#CO.